The van der Waals surface area contributed by atoms with Crippen molar-refractivity contribution in [3.8, 4) is 0 Å². The predicted molar refractivity (Wildman–Crippen MR) is 74.8 cm³/mol. The molecule has 21 heavy (non-hydrogen) atoms. The molecule has 0 saturated heterocycles. The van der Waals surface area contributed by atoms with Crippen LogP contribution in [-0.2, 0) is 19.2 Å². The van der Waals surface area contributed by atoms with E-state index in [1.54, 1.807) is 27.7 Å². The molecular weight excluding hydrogens is 272 g/mol. The summed E-state index contributed by atoms with van der Waals surface area (Å²) in [7, 11) is 0. The first kappa shape index (κ1) is 15.2. The summed E-state index contributed by atoms with van der Waals surface area (Å²) in [5.41, 5.74) is -1.63. The van der Waals surface area contributed by atoms with Crippen LogP contribution in [0.1, 0.15) is 34.1 Å². The molecule has 6 heteroatoms. The quantitative estimate of drug-likeness (QED) is 0.717. The SMILES string of the molecule is CC(C)(CC(C)(C)N1C(=O)C=CC1=O)N1C(=O)C=CC1=O. The Kier molecular flexibility index (Phi) is 3.35. The maximum Gasteiger partial charge on any atom is 0.254 e. The van der Waals surface area contributed by atoms with Crippen LogP contribution in [0.3, 0.4) is 0 Å². The third kappa shape index (κ3) is 2.53. The van der Waals surface area contributed by atoms with Crippen LogP contribution in [-0.4, -0.2) is 44.5 Å². The first-order valence-corrected chi connectivity index (χ1v) is 6.69. The number of carbonyl (C=O) groups is 4. The summed E-state index contributed by atoms with van der Waals surface area (Å²) in [6.45, 7) is 6.98. The van der Waals surface area contributed by atoms with Gasteiger partial charge in [0, 0.05) is 35.4 Å². The minimum atomic E-state index is -0.815. The third-order valence-corrected chi connectivity index (χ3v) is 3.69. The van der Waals surface area contributed by atoms with Gasteiger partial charge < -0.3 is 0 Å². The molecule has 0 radical (unpaired) electrons. The summed E-state index contributed by atoms with van der Waals surface area (Å²) in [6.07, 6.45) is 5.20. The summed E-state index contributed by atoms with van der Waals surface area (Å²) in [5.74, 6) is -1.51. The molecule has 0 aromatic heterocycles. The Morgan fingerprint density at radius 3 is 1.14 bits per heavy atom. The molecule has 0 bridgehead atoms. The zero-order valence-electron chi connectivity index (χ0n) is 12.5. The molecule has 112 valence electrons. The number of hydrogen-bond donors (Lipinski definition) is 0. The molecule has 0 aliphatic carbocycles. The molecule has 0 fully saturated rings. The van der Waals surface area contributed by atoms with Crippen molar-refractivity contribution in [3.05, 3.63) is 24.3 Å². The van der Waals surface area contributed by atoms with E-state index in [0.717, 1.165) is 9.80 Å². The fourth-order valence-corrected chi connectivity index (χ4v) is 3.21. The third-order valence-electron chi connectivity index (χ3n) is 3.69. The lowest BCUT2D eigenvalue weighted by Gasteiger charge is -2.43. The number of nitrogens with zero attached hydrogens (tertiary/aromatic N) is 2. The predicted octanol–water partition coefficient (Wildman–Crippen LogP) is 0.784. The Labute approximate surface area is 123 Å². The minimum Gasteiger partial charge on any atom is -0.270 e. The van der Waals surface area contributed by atoms with E-state index >= 15 is 0 Å². The van der Waals surface area contributed by atoms with E-state index in [-0.39, 0.29) is 23.6 Å². The van der Waals surface area contributed by atoms with E-state index in [1.807, 2.05) is 0 Å². The topological polar surface area (TPSA) is 74.8 Å². The Bertz CT molecular complexity index is 511. The highest BCUT2D eigenvalue weighted by molar-refractivity contribution is 6.14. The lowest BCUT2D eigenvalue weighted by atomic mass is 9.84. The van der Waals surface area contributed by atoms with Crippen molar-refractivity contribution in [2.45, 2.75) is 45.2 Å². The number of rotatable bonds is 4. The molecule has 0 aromatic carbocycles. The van der Waals surface area contributed by atoms with Crippen LogP contribution in [0.5, 0.6) is 0 Å². The summed E-state index contributed by atoms with van der Waals surface area (Å²) >= 11 is 0. The number of amides is 4. The zero-order valence-corrected chi connectivity index (χ0v) is 12.5. The smallest absolute Gasteiger partial charge is 0.254 e. The van der Waals surface area contributed by atoms with Crippen molar-refractivity contribution < 1.29 is 19.2 Å². The molecule has 4 amide bonds. The van der Waals surface area contributed by atoms with Gasteiger partial charge in [0.05, 0.1) is 0 Å². The monoisotopic (exact) mass is 290 g/mol. The van der Waals surface area contributed by atoms with E-state index in [4.69, 9.17) is 0 Å². The van der Waals surface area contributed by atoms with E-state index in [1.165, 1.54) is 24.3 Å². The number of imide groups is 2. The summed E-state index contributed by atoms with van der Waals surface area (Å²) in [5, 5.41) is 0. The second-order valence-electron chi connectivity index (χ2n) is 6.49. The van der Waals surface area contributed by atoms with Gasteiger partial charge in [-0.1, -0.05) is 0 Å². The van der Waals surface area contributed by atoms with Gasteiger partial charge in [-0.2, -0.15) is 0 Å². The highest BCUT2D eigenvalue weighted by Crippen LogP contribution is 2.33. The standard InChI is InChI=1S/C15H18N2O4/c1-14(2,16-10(18)5-6-11(16)19)9-15(3,4)17-12(20)7-8-13(17)21/h5-8H,9H2,1-4H3. The molecule has 2 aliphatic heterocycles. The lowest BCUT2D eigenvalue weighted by molar-refractivity contribution is -0.146. The summed E-state index contributed by atoms with van der Waals surface area (Å²) < 4.78 is 0. The number of hydrogen-bond acceptors (Lipinski definition) is 4. The Balaban J connectivity index is 2.23. The molecule has 0 spiro atoms. The minimum absolute atomic E-state index is 0.290. The van der Waals surface area contributed by atoms with E-state index in [0.29, 0.717) is 6.42 Å². The van der Waals surface area contributed by atoms with E-state index < -0.39 is 11.1 Å². The normalized spacial score (nSPS) is 19.4. The molecule has 2 rings (SSSR count). The zero-order chi connectivity index (χ0) is 16.0. The van der Waals surface area contributed by atoms with Gasteiger partial charge >= 0.3 is 0 Å². The molecule has 0 saturated carbocycles. The highest BCUT2D eigenvalue weighted by Gasteiger charge is 2.45. The molecule has 0 N–H and O–H groups in total. The van der Waals surface area contributed by atoms with Gasteiger partial charge in [-0.3, -0.25) is 29.0 Å². The average molecular weight is 290 g/mol. The lowest BCUT2D eigenvalue weighted by Crippen LogP contribution is -2.56. The van der Waals surface area contributed by atoms with Crippen molar-refractivity contribution in [2.75, 3.05) is 0 Å². The Hall–Kier alpha value is -2.24. The molecular formula is C15H18N2O4. The molecule has 6 nitrogen and oxygen atoms in total. The van der Waals surface area contributed by atoms with Crippen LogP contribution in [0.4, 0.5) is 0 Å². The average Bonchev–Trinajstić information content (AvgIpc) is 2.81. The van der Waals surface area contributed by atoms with Crippen LogP contribution < -0.4 is 0 Å². The molecule has 0 unspecified atom stereocenters. The molecule has 2 aliphatic rings. The van der Waals surface area contributed by atoms with Gasteiger partial charge in [-0.15, -0.1) is 0 Å². The van der Waals surface area contributed by atoms with Crippen molar-refractivity contribution in [1.82, 2.24) is 9.80 Å². The maximum absolute atomic E-state index is 11.8. The first-order valence-electron chi connectivity index (χ1n) is 6.69. The Morgan fingerprint density at radius 2 is 0.905 bits per heavy atom. The summed E-state index contributed by atoms with van der Waals surface area (Å²) in [6, 6.07) is 0. The first-order chi connectivity index (χ1) is 9.56. The highest BCUT2D eigenvalue weighted by atomic mass is 16.2. The van der Waals surface area contributed by atoms with Crippen molar-refractivity contribution in [2.24, 2.45) is 0 Å². The summed E-state index contributed by atoms with van der Waals surface area (Å²) in [4.78, 5) is 49.6. The van der Waals surface area contributed by atoms with E-state index in [9.17, 15) is 19.2 Å². The second kappa shape index (κ2) is 4.65. The van der Waals surface area contributed by atoms with Crippen LogP contribution in [0.2, 0.25) is 0 Å². The Morgan fingerprint density at radius 1 is 0.667 bits per heavy atom. The van der Waals surface area contributed by atoms with Crippen LogP contribution in [0.25, 0.3) is 0 Å². The second-order valence-corrected chi connectivity index (χ2v) is 6.49. The van der Waals surface area contributed by atoms with Crippen LogP contribution >= 0.6 is 0 Å². The van der Waals surface area contributed by atoms with Gasteiger partial charge in [0.15, 0.2) is 0 Å². The van der Waals surface area contributed by atoms with Gasteiger partial charge in [0.25, 0.3) is 23.6 Å². The van der Waals surface area contributed by atoms with Gasteiger partial charge in [-0.05, 0) is 34.1 Å². The number of carbonyl (C=O) groups excluding carboxylic acids is 4. The largest absolute Gasteiger partial charge is 0.270 e. The molecule has 0 atom stereocenters. The molecule has 0 aromatic rings. The van der Waals surface area contributed by atoms with Crippen molar-refractivity contribution in [1.29, 1.82) is 0 Å². The van der Waals surface area contributed by atoms with Gasteiger partial charge in [-0.25, -0.2) is 0 Å². The van der Waals surface area contributed by atoms with Crippen molar-refractivity contribution in [3.63, 3.8) is 0 Å². The fourth-order valence-electron chi connectivity index (χ4n) is 3.21. The van der Waals surface area contributed by atoms with Gasteiger partial charge in [0.1, 0.15) is 0 Å². The van der Waals surface area contributed by atoms with Crippen molar-refractivity contribution >= 4 is 23.6 Å². The van der Waals surface area contributed by atoms with Crippen LogP contribution in [0.15, 0.2) is 24.3 Å². The molecule has 2 heterocycles. The van der Waals surface area contributed by atoms with Crippen LogP contribution in [0, 0.1) is 0 Å². The maximum atomic E-state index is 11.8. The fraction of sp³-hybridized carbons (Fsp3) is 0.467. The van der Waals surface area contributed by atoms with E-state index in [2.05, 4.69) is 0 Å². The van der Waals surface area contributed by atoms with Gasteiger partial charge in [0.2, 0.25) is 0 Å².